The van der Waals surface area contributed by atoms with Gasteiger partial charge < -0.3 is 4.74 Å². The molecule has 4 nitrogen and oxygen atoms in total. The number of hydrogen-bond donors (Lipinski definition) is 0. The topological polar surface area (TPSA) is 46.6 Å². The van der Waals surface area contributed by atoms with Gasteiger partial charge in [0.2, 0.25) is 0 Å². The molecule has 1 atom stereocenters. The van der Waals surface area contributed by atoms with Crippen molar-refractivity contribution in [2.45, 2.75) is 37.7 Å². The van der Waals surface area contributed by atoms with E-state index in [1.165, 1.54) is 9.87 Å². The maximum atomic E-state index is 13.2. The molecule has 0 amide bonds. The Hall–Kier alpha value is -2.50. The van der Waals surface area contributed by atoms with Gasteiger partial charge in [0.1, 0.15) is 11.9 Å². The fourth-order valence-corrected chi connectivity index (χ4v) is 5.87. The van der Waals surface area contributed by atoms with E-state index in [1.807, 2.05) is 44.2 Å². The maximum Gasteiger partial charge on any atom is 0.264 e. The molecule has 0 heterocycles. The van der Waals surface area contributed by atoms with Crippen LogP contribution in [0.4, 0.5) is 5.69 Å². The largest absolute Gasteiger partial charge is 0.486 e. The van der Waals surface area contributed by atoms with E-state index in [4.69, 9.17) is 16.3 Å². The molecule has 0 N–H and O–H groups in total. The molecular weight excluding hydrogens is 418 g/mol. The number of fused-ring (bicyclic) bond motifs is 1. The minimum absolute atomic E-state index is 0.132. The Labute approximate surface area is 183 Å². The number of aryl methyl sites for hydroxylation is 2. The van der Waals surface area contributed by atoms with Crippen LogP contribution in [0.2, 0.25) is 5.02 Å². The van der Waals surface area contributed by atoms with Crippen LogP contribution >= 0.6 is 11.6 Å². The highest BCUT2D eigenvalue weighted by Crippen LogP contribution is 2.40. The molecule has 1 unspecified atom stereocenters. The number of nitrogens with zero attached hydrogens (tertiary/aromatic N) is 1. The second kappa shape index (κ2) is 8.32. The van der Waals surface area contributed by atoms with Crippen LogP contribution in [0.25, 0.3) is 0 Å². The Morgan fingerprint density at radius 2 is 1.83 bits per heavy atom. The average Bonchev–Trinajstić information content (AvgIpc) is 3.13. The first kappa shape index (κ1) is 20.8. The Kier molecular flexibility index (Phi) is 5.76. The standard InChI is InChI=1S/C24H24ClNO3S/c1-3-26(30(27,28)21-11-4-7-17(2)15-21)19-9-6-10-20(16-19)29-23-14-13-18-8-5-12-22(25)24(18)23/h4-12,15-16,23H,3,13-14H2,1-2H3. The van der Waals surface area contributed by atoms with Gasteiger partial charge in [-0.15, -0.1) is 0 Å². The quantitative estimate of drug-likeness (QED) is 0.476. The summed E-state index contributed by atoms with van der Waals surface area (Å²) >= 11 is 6.41. The van der Waals surface area contributed by atoms with E-state index in [-0.39, 0.29) is 11.0 Å². The second-order valence-corrected chi connectivity index (χ2v) is 9.71. The molecule has 0 saturated carbocycles. The third-order valence-corrected chi connectivity index (χ3v) is 7.62. The van der Waals surface area contributed by atoms with Crippen molar-refractivity contribution in [3.05, 3.63) is 88.4 Å². The van der Waals surface area contributed by atoms with Gasteiger partial charge in [-0.05, 0) is 68.1 Å². The van der Waals surface area contributed by atoms with Gasteiger partial charge in [0.05, 0.1) is 10.6 Å². The lowest BCUT2D eigenvalue weighted by Gasteiger charge is -2.24. The highest BCUT2D eigenvalue weighted by molar-refractivity contribution is 7.92. The van der Waals surface area contributed by atoms with E-state index in [1.54, 1.807) is 30.3 Å². The van der Waals surface area contributed by atoms with Crippen LogP contribution in [0, 0.1) is 6.92 Å². The highest BCUT2D eigenvalue weighted by atomic mass is 35.5. The molecule has 4 rings (SSSR count). The van der Waals surface area contributed by atoms with Crippen molar-refractivity contribution in [3.63, 3.8) is 0 Å². The van der Waals surface area contributed by atoms with E-state index in [2.05, 4.69) is 6.07 Å². The average molecular weight is 442 g/mol. The zero-order valence-electron chi connectivity index (χ0n) is 17.0. The number of ether oxygens (including phenoxy) is 1. The first-order chi connectivity index (χ1) is 14.4. The molecule has 0 fully saturated rings. The van der Waals surface area contributed by atoms with E-state index in [0.29, 0.717) is 23.0 Å². The molecule has 0 bridgehead atoms. The summed E-state index contributed by atoms with van der Waals surface area (Å²) in [5.41, 5.74) is 3.72. The van der Waals surface area contributed by atoms with Crippen molar-refractivity contribution in [3.8, 4) is 5.75 Å². The summed E-state index contributed by atoms with van der Waals surface area (Å²) in [4.78, 5) is 0.284. The molecule has 156 valence electrons. The first-order valence-electron chi connectivity index (χ1n) is 10.0. The normalized spacial score (nSPS) is 15.6. The Morgan fingerprint density at radius 1 is 1.07 bits per heavy atom. The van der Waals surface area contributed by atoms with Crippen molar-refractivity contribution < 1.29 is 13.2 Å². The molecule has 0 radical (unpaired) electrons. The van der Waals surface area contributed by atoms with Gasteiger partial charge in [0.15, 0.2) is 0 Å². The molecule has 3 aromatic carbocycles. The zero-order valence-corrected chi connectivity index (χ0v) is 18.6. The lowest BCUT2D eigenvalue weighted by molar-refractivity contribution is 0.208. The molecule has 1 aliphatic carbocycles. The van der Waals surface area contributed by atoms with Gasteiger partial charge in [-0.3, -0.25) is 4.31 Å². The van der Waals surface area contributed by atoms with Crippen LogP contribution in [-0.2, 0) is 16.4 Å². The van der Waals surface area contributed by atoms with Crippen molar-refractivity contribution >= 4 is 27.3 Å². The number of anilines is 1. The third-order valence-electron chi connectivity index (χ3n) is 5.39. The van der Waals surface area contributed by atoms with Crippen LogP contribution in [-0.4, -0.2) is 15.0 Å². The molecule has 1 aliphatic rings. The Balaban J connectivity index is 1.63. The van der Waals surface area contributed by atoms with Crippen LogP contribution in [0.5, 0.6) is 5.75 Å². The fraction of sp³-hybridized carbons (Fsp3) is 0.250. The highest BCUT2D eigenvalue weighted by Gasteiger charge is 2.28. The van der Waals surface area contributed by atoms with Crippen molar-refractivity contribution in [1.82, 2.24) is 0 Å². The fourth-order valence-electron chi connectivity index (χ4n) is 3.98. The number of rotatable bonds is 6. The number of benzene rings is 3. The summed E-state index contributed by atoms with van der Waals surface area (Å²) in [5, 5.41) is 0.711. The second-order valence-electron chi connectivity index (χ2n) is 7.44. The van der Waals surface area contributed by atoms with E-state index in [9.17, 15) is 8.42 Å². The summed E-state index contributed by atoms with van der Waals surface area (Å²) < 4.78 is 34.2. The minimum atomic E-state index is -3.67. The van der Waals surface area contributed by atoms with Crippen LogP contribution in [0.1, 0.15) is 36.1 Å². The lowest BCUT2D eigenvalue weighted by Crippen LogP contribution is -2.30. The van der Waals surface area contributed by atoms with E-state index >= 15 is 0 Å². The van der Waals surface area contributed by atoms with Crippen molar-refractivity contribution in [2.24, 2.45) is 0 Å². The summed E-state index contributed by atoms with van der Waals surface area (Å²) in [6.45, 7) is 4.03. The molecule has 0 aliphatic heterocycles. The zero-order chi connectivity index (χ0) is 21.3. The summed E-state index contributed by atoms with van der Waals surface area (Å²) in [5.74, 6) is 0.628. The number of sulfonamides is 1. The van der Waals surface area contributed by atoms with Gasteiger partial charge in [0.25, 0.3) is 10.0 Å². The van der Waals surface area contributed by atoms with Crippen LogP contribution in [0.15, 0.2) is 71.6 Å². The predicted molar refractivity (Wildman–Crippen MR) is 121 cm³/mol. The monoisotopic (exact) mass is 441 g/mol. The molecule has 0 saturated heterocycles. The predicted octanol–water partition coefficient (Wildman–Crippen LogP) is 5.93. The SMILES string of the molecule is CCN(c1cccc(OC2CCc3cccc(Cl)c32)c1)S(=O)(=O)c1cccc(C)c1. The Morgan fingerprint density at radius 3 is 2.60 bits per heavy atom. The summed E-state index contributed by atoms with van der Waals surface area (Å²) in [6, 6.07) is 20.1. The van der Waals surface area contributed by atoms with E-state index in [0.717, 1.165) is 24.0 Å². The van der Waals surface area contributed by atoms with Crippen molar-refractivity contribution in [1.29, 1.82) is 0 Å². The molecule has 6 heteroatoms. The summed E-state index contributed by atoms with van der Waals surface area (Å²) in [6.07, 6.45) is 1.64. The number of hydrogen-bond acceptors (Lipinski definition) is 3. The third kappa shape index (κ3) is 3.92. The smallest absolute Gasteiger partial charge is 0.264 e. The molecule has 3 aromatic rings. The summed E-state index contributed by atoms with van der Waals surface area (Å²) in [7, 11) is -3.67. The van der Waals surface area contributed by atoms with Gasteiger partial charge in [-0.2, -0.15) is 0 Å². The molecule has 0 aromatic heterocycles. The molecule has 30 heavy (non-hydrogen) atoms. The van der Waals surface area contributed by atoms with Gasteiger partial charge in [-0.25, -0.2) is 8.42 Å². The van der Waals surface area contributed by atoms with Gasteiger partial charge >= 0.3 is 0 Å². The van der Waals surface area contributed by atoms with Gasteiger partial charge in [0, 0.05) is 23.2 Å². The maximum absolute atomic E-state index is 13.2. The van der Waals surface area contributed by atoms with E-state index < -0.39 is 10.0 Å². The van der Waals surface area contributed by atoms with Gasteiger partial charge in [-0.1, -0.05) is 41.9 Å². The molecule has 0 spiro atoms. The Bertz CT molecular complexity index is 1180. The van der Waals surface area contributed by atoms with Crippen LogP contribution in [0.3, 0.4) is 0 Å². The number of halogens is 1. The molecular formula is C24H24ClNO3S. The van der Waals surface area contributed by atoms with Crippen LogP contribution < -0.4 is 9.04 Å². The lowest BCUT2D eigenvalue weighted by atomic mass is 10.1. The van der Waals surface area contributed by atoms with Crippen molar-refractivity contribution in [2.75, 3.05) is 10.8 Å². The minimum Gasteiger partial charge on any atom is -0.486 e. The first-order valence-corrected chi connectivity index (χ1v) is 11.9.